The molecule has 5 nitrogen and oxygen atoms in total. The summed E-state index contributed by atoms with van der Waals surface area (Å²) in [4.78, 5) is 16.3. The summed E-state index contributed by atoms with van der Waals surface area (Å²) in [6.45, 7) is 0. The van der Waals surface area contributed by atoms with Crippen LogP contribution in [0.3, 0.4) is 0 Å². The maximum Gasteiger partial charge on any atom is 0.191 e. The molecule has 1 aromatic carbocycles. The standard InChI is InChI=1S/C17H18N4OS/c1-21(17-20-15-16(23-17)19-7-6-18-15)13-8-12(9-13)11-4-3-5-14(10-11)22-2/h3-7,10,12-13H,8-9H2,1-2H3. The highest BCUT2D eigenvalue weighted by Crippen LogP contribution is 2.42. The molecule has 1 fully saturated rings. The summed E-state index contributed by atoms with van der Waals surface area (Å²) in [5.74, 6) is 1.53. The average molecular weight is 326 g/mol. The lowest BCUT2D eigenvalue weighted by Gasteiger charge is -2.41. The molecule has 1 aliphatic carbocycles. The smallest absolute Gasteiger partial charge is 0.191 e. The quantitative estimate of drug-likeness (QED) is 0.735. The molecule has 0 amide bonds. The van der Waals surface area contributed by atoms with Gasteiger partial charge in [0, 0.05) is 25.5 Å². The van der Waals surface area contributed by atoms with Crippen LogP contribution in [0.1, 0.15) is 24.3 Å². The third-order valence-electron chi connectivity index (χ3n) is 4.56. The summed E-state index contributed by atoms with van der Waals surface area (Å²) >= 11 is 1.61. The molecule has 2 aromatic heterocycles. The van der Waals surface area contributed by atoms with Gasteiger partial charge in [0.25, 0.3) is 0 Å². The largest absolute Gasteiger partial charge is 0.497 e. The van der Waals surface area contributed by atoms with Crippen molar-refractivity contribution in [2.45, 2.75) is 24.8 Å². The van der Waals surface area contributed by atoms with Crippen molar-refractivity contribution in [2.75, 3.05) is 19.1 Å². The van der Waals surface area contributed by atoms with Gasteiger partial charge in [-0.2, -0.15) is 4.98 Å². The summed E-state index contributed by atoms with van der Waals surface area (Å²) in [6.07, 6.45) is 5.68. The molecule has 6 heteroatoms. The highest BCUT2D eigenvalue weighted by Gasteiger charge is 2.34. The Labute approximate surface area is 139 Å². The first-order valence-electron chi connectivity index (χ1n) is 7.69. The molecule has 0 aliphatic heterocycles. The SMILES string of the molecule is COc1cccc(C2CC(N(C)c3nc4nccnc4s3)C2)c1. The summed E-state index contributed by atoms with van der Waals surface area (Å²) in [5.41, 5.74) is 2.10. The molecule has 0 atom stereocenters. The summed E-state index contributed by atoms with van der Waals surface area (Å²) in [7, 11) is 3.83. The number of aromatic nitrogens is 3. The van der Waals surface area contributed by atoms with Gasteiger partial charge in [0.2, 0.25) is 0 Å². The van der Waals surface area contributed by atoms with Gasteiger partial charge in [-0.05, 0) is 36.5 Å². The van der Waals surface area contributed by atoms with Crippen LogP contribution in [-0.4, -0.2) is 35.2 Å². The lowest BCUT2D eigenvalue weighted by atomic mass is 9.75. The second-order valence-corrected chi connectivity index (χ2v) is 6.85. The van der Waals surface area contributed by atoms with Crippen LogP contribution in [0, 0.1) is 0 Å². The number of rotatable bonds is 4. The van der Waals surface area contributed by atoms with Crippen LogP contribution in [0.4, 0.5) is 5.13 Å². The number of ether oxygens (including phenoxy) is 1. The minimum Gasteiger partial charge on any atom is -0.497 e. The fraction of sp³-hybridized carbons (Fsp3) is 0.353. The number of hydrogen-bond acceptors (Lipinski definition) is 6. The first kappa shape index (κ1) is 14.4. The zero-order valence-electron chi connectivity index (χ0n) is 13.1. The van der Waals surface area contributed by atoms with E-state index in [-0.39, 0.29) is 0 Å². The highest BCUT2D eigenvalue weighted by atomic mass is 32.1. The molecule has 3 aromatic rings. The van der Waals surface area contributed by atoms with Crippen molar-refractivity contribution in [1.82, 2.24) is 15.0 Å². The van der Waals surface area contributed by atoms with E-state index < -0.39 is 0 Å². The number of benzene rings is 1. The lowest BCUT2D eigenvalue weighted by molar-refractivity contribution is 0.338. The predicted octanol–water partition coefficient (Wildman–Crippen LogP) is 3.48. The molecule has 0 bridgehead atoms. The average Bonchev–Trinajstić information content (AvgIpc) is 2.97. The van der Waals surface area contributed by atoms with Gasteiger partial charge in [-0.1, -0.05) is 23.5 Å². The predicted molar refractivity (Wildman–Crippen MR) is 92.4 cm³/mol. The molecule has 2 heterocycles. The normalized spacial score (nSPS) is 20.3. The lowest BCUT2D eigenvalue weighted by Crippen LogP contribution is -2.41. The summed E-state index contributed by atoms with van der Waals surface area (Å²) < 4.78 is 5.32. The van der Waals surface area contributed by atoms with Crippen molar-refractivity contribution >= 4 is 26.9 Å². The Morgan fingerprint density at radius 2 is 2.04 bits per heavy atom. The van der Waals surface area contributed by atoms with E-state index in [1.807, 2.05) is 6.07 Å². The van der Waals surface area contributed by atoms with Gasteiger partial charge in [0.1, 0.15) is 5.75 Å². The second-order valence-electron chi connectivity index (χ2n) is 5.89. The number of hydrogen-bond donors (Lipinski definition) is 0. The van der Waals surface area contributed by atoms with Crippen LogP contribution in [0.5, 0.6) is 5.75 Å². The van der Waals surface area contributed by atoms with Gasteiger partial charge in [-0.15, -0.1) is 0 Å². The number of thiazole rings is 1. The monoisotopic (exact) mass is 326 g/mol. The molecule has 1 aliphatic rings. The first-order chi connectivity index (χ1) is 11.2. The Kier molecular flexibility index (Phi) is 3.61. The molecule has 0 saturated heterocycles. The molecule has 0 spiro atoms. The van der Waals surface area contributed by atoms with E-state index in [1.54, 1.807) is 30.8 Å². The van der Waals surface area contributed by atoms with E-state index in [2.05, 4.69) is 45.1 Å². The van der Waals surface area contributed by atoms with E-state index in [4.69, 9.17) is 4.74 Å². The van der Waals surface area contributed by atoms with Gasteiger partial charge < -0.3 is 9.64 Å². The number of nitrogens with zero attached hydrogens (tertiary/aromatic N) is 4. The summed E-state index contributed by atoms with van der Waals surface area (Å²) in [5, 5.41) is 1.00. The Hall–Kier alpha value is -2.21. The Bertz CT molecular complexity index is 795. The van der Waals surface area contributed by atoms with Crippen LogP contribution in [-0.2, 0) is 0 Å². The number of methoxy groups -OCH3 is 1. The third-order valence-corrected chi connectivity index (χ3v) is 5.61. The molecule has 0 radical (unpaired) electrons. The number of anilines is 1. The molecule has 23 heavy (non-hydrogen) atoms. The first-order valence-corrected chi connectivity index (χ1v) is 8.50. The van der Waals surface area contributed by atoms with Crippen molar-refractivity contribution in [3.8, 4) is 5.75 Å². The zero-order valence-corrected chi connectivity index (χ0v) is 14.0. The molecule has 1 saturated carbocycles. The van der Waals surface area contributed by atoms with Crippen LogP contribution < -0.4 is 9.64 Å². The fourth-order valence-corrected chi connectivity index (χ4v) is 3.95. The van der Waals surface area contributed by atoms with Gasteiger partial charge in [0.15, 0.2) is 15.6 Å². The Morgan fingerprint density at radius 1 is 1.22 bits per heavy atom. The van der Waals surface area contributed by atoms with Crippen LogP contribution in [0.2, 0.25) is 0 Å². The van der Waals surface area contributed by atoms with Crippen molar-refractivity contribution in [1.29, 1.82) is 0 Å². The van der Waals surface area contributed by atoms with Crippen molar-refractivity contribution in [2.24, 2.45) is 0 Å². The third kappa shape index (κ3) is 2.63. The van der Waals surface area contributed by atoms with Gasteiger partial charge in [-0.3, -0.25) is 0 Å². The highest BCUT2D eigenvalue weighted by molar-refractivity contribution is 7.21. The van der Waals surface area contributed by atoms with Crippen molar-refractivity contribution in [3.63, 3.8) is 0 Å². The maximum absolute atomic E-state index is 5.32. The van der Waals surface area contributed by atoms with Gasteiger partial charge in [-0.25, -0.2) is 9.97 Å². The number of fused-ring (bicyclic) bond motifs is 1. The van der Waals surface area contributed by atoms with Crippen molar-refractivity contribution in [3.05, 3.63) is 42.2 Å². The Morgan fingerprint density at radius 3 is 2.83 bits per heavy atom. The van der Waals surface area contributed by atoms with Crippen LogP contribution in [0.15, 0.2) is 36.7 Å². The molecule has 0 N–H and O–H groups in total. The fourth-order valence-electron chi connectivity index (χ4n) is 3.05. The van der Waals surface area contributed by atoms with Gasteiger partial charge in [0.05, 0.1) is 7.11 Å². The van der Waals surface area contributed by atoms with E-state index in [0.29, 0.717) is 12.0 Å². The minimum absolute atomic E-state index is 0.520. The molecular weight excluding hydrogens is 308 g/mol. The Balaban J connectivity index is 1.46. The molecule has 4 rings (SSSR count). The summed E-state index contributed by atoms with van der Waals surface area (Å²) in [6, 6.07) is 8.91. The van der Waals surface area contributed by atoms with E-state index >= 15 is 0 Å². The maximum atomic E-state index is 5.32. The van der Waals surface area contributed by atoms with E-state index in [1.165, 1.54) is 5.56 Å². The molecule has 118 valence electrons. The molecular formula is C17H18N4OS. The zero-order chi connectivity index (χ0) is 15.8. The topological polar surface area (TPSA) is 51.1 Å². The van der Waals surface area contributed by atoms with Gasteiger partial charge >= 0.3 is 0 Å². The van der Waals surface area contributed by atoms with E-state index in [9.17, 15) is 0 Å². The van der Waals surface area contributed by atoms with Crippen molar-refractivity contribution < 1.29 is 4.74 Å². The molecule has 0 unspecified atom stereocenters. The van der Waals surface area contributed by atoms with E-state index in [0.717, 1.165) is 34.2 Å². The van der Waals surface area contributed by atoms with Crippen LogP contribution in [0.25, 0.3) is 10.5 Å². The minimum atomic E-state index is 0.520. The van der Waals surface area contributed by atoms with Crippen LogP contribution >= 0.6 is 11.3 Å². The second kappa shape index (κ2) is 5.77.